The number of hydrogen-bond donors (Lipinski definition) is 0. The molecular weight excluding hydrogens is 210 g/mol. The van der Waals surface area contributed by atoms with Crippen LogP contribution in [-0.2, 0) is 0 Å². The molecule has 0 aromatic rings. The highest BCUT2D eigenvalue weighted by Crippen LogP contribution is 2.00. The molecule has 0 aromatic heterocycles. The lowest BCUT2D eigenvalue weighted by Gasteiger charge is -2.22. The molecule has 0 aliphatic carbocycles. The molecule has 0 heterocycles. The number of aliphatic imine (C=N–C) groups is 1. The molecule has 3 nitrogen and oxygen atoms in total. The van der Waals surface area contributed by atoms with Gasteiger partial charge in [0.1, 0.15) is 5.82 Å². The van der Waals surface area contributed by atoms with Crippen LogP contribution in [0.15, 0.2) is 29.5 Å². The van der Waals surface area contributed by atoms with E-state index in [1.807, 2.05) is 32.7 Å². The normalized spacial score (nSPS) is 10.1. The van der Waals surface area contributed by atoms with Gasteiger partial charge in [0.25, 0.3) is 0 Å². The van der Waals surface area contributed by atoms with Crippen molar-refractivity contribution in [3.8, 4) is 0 Å². The summed E-state index contributed by atoms with van der Waals surface area (Å²) in [6.45, 7) is 18.7. The zero-order chi connectivity index (χ0) is 13.8. The van der Waals surface area contributed by atoms with Crippen LogP contribution in [0.3, 0.4) is 0 Å². The van der Waals surface area contributed by atoms with Crippen molar-refractivity contribution in [1.29, 1.82) is 0 Å². The number of likely N-dealkylation sites (N-methyl/N-ethyl adjacent to an activating group) is 2. The highest BCUT2D eigenvalue weighted by atomic mass is 15.2. The number of rotatable bonds is 7. The largest absolute Gasteiger partial charge is 0.359 e. The molecule has 0 atom stereocenters. The summed E-state index contributed by atoms with van der Waals surface area (Å²) in [5.41, 5.74) is 0.940. The molecule has 0 rings (SSSR count). The fourth-order valence-corrected chi connectivity index (χ4v) is 0.891. The second-order valence-corrected chi connectivity index (χ2v) is 3.84. The molecule has 0 aliphatic heterocycles. The van der Waals surface area contributed by atoms with Crippen LogP contribution in [0, 0.1) is 0 Å². The highest BCUT2D eigenvalue weighted by molar-refractivity contribution is 5.77. The van der Waals surface area contributed by atoms with Gasteiger partial charge in [-0.15, -0.1) is 0 Å². The third-order valence-corrected chi connectivity index (χ3v) is 2.23. The summed E-state index contributed by atoms with van der Waals surface area (Å²) in [4.78, 5) is 8.52. The zero-order valence-corrected chi connectivity index (χ0v) is 12.5. The predicted molar refractivity (Wildman–Crippen MR) is 79.6 cm³/mol. The van der Waals surface area contributed by atoms with E-state index in [2.05, 4.69) is 37.0 Å². The predicted octanol–water partition coefficient (Wildman–Crippen LogP) is 3.01. The molecule has 0 saturated heterocycles. The summed E-state index contributed by atoms with van der Waals surface area (Å²) in [7, 11) is 4.11. The number of nitrogens with zero attached hydrogens (tertiary/aromatic N) is 3. The van der Waals surface area contributed by atoms with Crippen molar-refractivity contribution in [2.24, 2.45) is 4.99 Å². The van der Waals surface area contributed by atoms with Crippen LogP contribution in [0.2, 0.25) is 0 Å². The summed E-state index contributed by atoms with van der Waals surface area (Å²) in [5, 5.41) is 0. The first-order chi connectivity index (χ1) is 7.97. The Bertz CT molecular complexity index is 244. The highest BCUT2D eigenvalue weighted by Gasteiger charge is 2.01. The molecule has 17 heavy (non-hydrogen) atoms. The van der Waals surface area contributed by atoms with Crippen molar-refractivity contribution in [3.05, 3.63) is 24.6 Å². The molecule has 0 aromatic carbocycles. The van der Waals surface area contributed by atoms with E-state index in [0.717, 1.165) is 31.0 Å². The molecule has 100 valence electrons. The Morgan fingerprint density at radius 2 is 1.71 bits per heavy atom. The summed E-state index contributed by atoms with van der Waals surface area (Å²) in [6.07, 6.45) is 1.74. The Kier molecular flexibility index (Phi) is 12.3. The van der Waals surface area contributed by atoms with Gasteiger partial charge in [0, 0.05) is 26.4 Å². The number of allylic oxidation sites excluding steroid dienone is 1. The average molecular weight is 239 g/mol. The molecule has 0 fully saturated rings. The second kappa shape index (κ2) is 11.4. The van der Waals surface area contributed by atoms with Gasteiger partial charge in [0.05, 0.1) is 0 Å². The molecule has 0 radical (unpaired) electrons. The topological polar surface area (TPSA) is 18.8 Å². The van der Waals surface area contributed by atoms with E-state index in [9.17, 15) is 0 Å². The van der Waals surface area contributed by atoms with E-state index in [0.29, 0.717) is 0 Å². The number of hydrogen-bond acceptors (Lipinski definition) is 3. The van der Waals surface area contributed by atoms with Gasteiger partial charge in [-0.3, -0.25) is 0 Å². The van der Waals surface area contributed by atoms with Gasteiger partial charge in [-0.2, -0.15) is 0 Å². The Labute approximate surface area is 108 Å². The van der Waals surface area contributed by atoms with Crippen LogP contribution in [0.4, 0.5) is 0 Å². The molecule has 0 unspecified atom stereocenters. The Morgan fingerprint density at radius 1 is 1.18 bits per heavy atom. The monoisotopic (exact) mass is 239 g/mol. The van der Waals surface area contributed by atoms with E-state index in [4.69, 9.17) is 0 Å². The third-order valence-electron chi connectivity index (χ3n) is 2.23. The van der Waals surface area contributed by atoms with Gasteiger partial charge in [-0.1, -0.05) is 33.9 Å². The van der Waals surface area contributed by atoms with Gasteiger partial charge < -0.3 is 9.80 Å². The smallest absolute Gasteiger partial charge is 0.120 e. The Hall–Kier alpha value is -1.09. The van der Waals surface area contributed by atoms with E-state index in [-0.39, 0.29) is 0 Å². The first-order valence-electron chi connectivity index (χ1n) is 6.25. The Balaban J connectivity index is 0. The molecule has 0 aliphatic rings. The van der Waals surface area contributed by atoms with Crippen LogP contribution in [0.1, 0.15) is 27.7 Å². The Morgan fingerprint density at radius 3 is 2.12 bits per heavy atom. The van der Waals surface area contributed by atoms with Gasteiger partial charge in [0.15, 0.2) is 0 Å². The minimum absolute atomic E-state index is 0.780. The van der Waals surface area contributed by atoms with Crippen LogP contribution in [0.25, 0.3) is 0 Å². The fraction of sp³-hybridized carbons (Fsp3) is 0.643. The molecule has 0 saturated carbocycles. The van der Waals surface area contributed by atoms with Crippen molar-refractivity contribution < 1.29 is 0 Å². The van der Waals surface area contributed by atoms with Crippen LogP contribution in [0.5, 0.6) is 0 Å². The maximum atomic E-state index is 4.22. The quantitative estimate of drug-likeness (QED) is 0.636. The van der Waals surface area contributed by atoms with E-state index in [1.165, 1.54) is 0 Å². The summed E-state index contributed by atoms with van der Waals surface area (Å²) >= 11 is 0. The lowest BCUT2D eigenvalue weighted by molar-refractivity contribution is 0.296. The van der Waals surface area contributed by atoms with Crippen molar-refractivity contribution >= 4 is 6.21 Å². The molecule has 0 spiro atoms. The van der Waals surface area contributed by atoms with E-state index in [1.54, 1.807) is 6.21 Å². The fourth-order valence-electron chi connectivity index (χ4n) is 0.891. The van der Waals surface area contributed by atoms with E-state index < -0.39 is 0 Å². The lowest BCUT2D eigenvalue weighted by atomic mass is 10.4. The average Bonchev–Trinajstić information content (AvgIpc) is 2.34. The van der Waals surface area contributed by atoms with Crippen molar-refractivity contribution in [2.45, 2.75) is 27.7 Å². The van der Waals surface area contributed by atoms with Crippen molar-refractivity contribution in [1.82, 2.24) is 9.80 Å². The summed E-state index contributed by atoms with van der Waals surface area (Å²) in [5.74, 6) is 0.780. The zero-order valence-electron chi connectivity index (χ0n) is 12.5. The molecule has 0 amide bonds. The minimum atomic E-state index is 0.780. The van der Waals surface area contributed by atoms with E-state index >= 15 is 0 Å². The van der Waals surface area contributed by atoms with Gasteiger partial charge in [-0.05, 0) is 26.1 Å². The van der Waals surface area contributed by atoms with Crippen LogP contribution < -0.4 is 0 Å². The van der Waals surface area contributed by atoms with Crippen LogP contribution in [-0.4, -0.2) is 49.7 Å². The van der Waals surface area contributed by atoms with Crippen LogP contribution >= 0.6 is 0 Å². The molecule has 3 heteroatoms. The standard InChI is InChI=1S/C12H23N3.C2H6/c1-7-14(5)8-9-15(6)12(4)13-10-11(2)3;1-2/h10H,2,4,7-9H2,1,3,5-6H3;1-2H3/b13-10-;. The molecule has 0 bridgehead atoms. The molecule has 0 N–H and O–H groups in total. The van der Waals surface area contributed by atoms with Gasteiger partial charge >= 0.3 is 0 Å². The summed E-state index contributed by atoms with van der Waals surface area (Å²) < 4.78 is 0. The van der Waals surface area contributed by atoms with Crippen molar-refractivity contribution in [2.75, 3.05) is 33.7 Å². The first-order valence-corrected chi connectivity index (χ1v) is 6.25. The van der Waals surface area contributed by atoms with Crippen molar-refractivity contribution in [3.63, 3.8) is 0 Å². The molecular formula is C14H29N3. The van der Waals surface area contributed by atoms with Gasteiger partial charge in [0.2, 0.25) is 0 Å². The summed E-state index contributed by atoms with van der Waals surface area (Å²) in [6, 6.07) is 0. The minimum Gasteiger partial charge on any atom is -0.359 e. The third kappa shape index (κ3) is 11.2. The lowest BCUT2D eigenvalue weighted by Crippen LogP contribution is -2.29. The first kappa shape index (κ1) is 18.3. The second-order valence-electron chi connectivity index (χ2n) is 3.84. The maximum Gasteiger partial charge on any atom is 0.120 e. The SMILES string of the molecule is C=C(C)/C=N\C(=C)N(C)CCN(C)CC.CC. The maximum absolute atomic E-state index is 4.22. The van der Waals surface area contributed by atoms with Gasteiger partial charge in [-0.25, -0.2) is 4.99 Å².